The number of carbonyl (C=O) groups excluding carboxylic acids is 2. The van der Waals surface area contributed by atoms with Gasteiger partial charge in [0.15, 0.2) is 0 Å². The third-order valence-corrected chi connectivity index (χ3v) is 5.95. The van der Waals surface area contributed by atoms with E-state index in [4.69, 9.17) is 14.7 Å². The van der Waals surface area contributed by atoms with Crippen LogP contribution in [0, 0.1) is 17.2 Å². The molecular formula is C24H25N3O4. The average Bonchev–Trinajstić information content (AvgIpc) is 3.21. The molecule has 2 aromatic carbocycles. The smallest absolute Gasteiger partial charge is 0.307 e. The molecule has 7 heteroatoms. The Bertz CT molecular complexity index is 973. The molecule has 0 saturated carbocycles. The Hall–Kier alpha value is -3.37. The first kappa shape index (κ1) is 20.9. The lowest BCUT2D eigenvalue weighted by Gasteiger charge is -2.36. The SMILES string of the molecule is COc1ccc(CN2CCN(C(=O)[C@@H]3CC(=O)O[C@H]3c3ccc(C#N)cc3)CC2)cc1. The number of rotatable bonds is 5. The molecule has 31 heavy (non-hydrogen) atoms. The maximum Gasteiger partial charge on any atom is 0.307 e. The van der Waals surface area contributed by atoms with E-state index < -0.39 is 12.0 Å². The molecule has 2 aromatic rings. The molecule has 2 fully saturated rings. The highest BCUT2D eigenvalue weighted by molar-refractivity contribution is 5.87. The molecule has 0 spiro atoms. The highest BCUT2D eigenvalue weighted by atomic mass is 16.6. The summed E-state index contributed by atoms with van der Waals surface area (Å²) in [5.41, 5.74) is 2.49. The second-order valence-electron chi connectivity index (χ2n) is 7.90. The number of esters is 1. The molecule has 0 aromatic heterocycles. The van der Waals surface area contributed by atoms with Crippen LogP contribution in [0.1, 0.15) is 29.2 Å². The number of piperazine rings is 1. The average molecular weight is 419 g/mol. The summed E-state index contributed by atoms with van der Waals surface area (Å²) < 4.78 is 10.7. The van der Waals surface area contributed by atoms with Gasteiger partial charge in [-0.1, -0.05) is 24.3 Å². The Morgan fingerprint density at radius 1 is 1.10 bits per heavy atom. The van der Waals surface area contributed by atoms with Crippen molar-refractivity contribution in [1.82, 2.24) is 9.80 Å². The van der Waals surface area contributed by atoms with Crippen molar-refractivity contribution in [3.63, 3.8) is 0 Å². The molecule has 0 radical (unpaired) electrons. The minimum absolute atomic E-state index is 0.0377. The van der Waals surface area contributed by atoms with Gasteiger partial charge in [-0.15, -0.1) is 0 Å². The number of ether oxygens (including phenoxy) is 2. The minimum atomic E-state index is -0.593. The van der Waals surface area contributed by atoms with Crippen molar-refractivity contribution in [2.24, 2.45) is 5.92 Å². The second-order valence-corrected chi connectivity index (χ2v) is 7.90. The molecule has 2 heterocycles. The van der Waals surface area contributed by atoms with E-state index >= 15 is 0 Å². The lowest BCUT2D eigenvalue weighted by atomic mass is 9.93. The number of amides is 1. The number of hydrogen-bond donors (Lipinski definition) is 0. The highest BCUT2D eigenvalue weighted by Gasteiger charge is 2.43. The lowest BCUT2D eigenvalue weighted by Crippen LogP contribution is -2.50. The van der Waals surface area contributed by atoms with Crippen LogP contribution < -0.4 is 4.74 Å². The molecule has 4 rings (SSSR count). The first-order valence-electron chi connectivity index (χ1n) is 10.4. The molecule has 2 aliphatic heterocycles. The molecule has 0 unspecified atom stereocenters. The number of hydrogen-bond acceptors (Lipinski definition) is 6. The van der Waals surface area contributed by atoms with Crippen LogP contribution in [0.15, 0.2) is 48.5 Å². The van der Waals surface area contributed by atoms with Crippen molar-refractivity contribution in [2.45, 2.75) is 19.1 Å². The largest absolute Gasteiger partial charge is 0.497 e. The van der Waals surface area contributed by atoms with Gasteiger partial charge in [-0.25, -0.2) is 0 Å². The Balaban J connectivity index is 1.36. The fourth-order valence-electron chi connectivity index (χ4n) is 4.17. The fourth-order valence-corrected chi connectivity index (χ4v) is 4.17. The summed E-state index contributed by atoms with van der Waals surface area (Å²) >= 11 is 0. The molecule has 0 N–H and O–H groups in total. The third kappa shape index (κ3) is 4.70. The zero-order valence-electron chi connectivity index (χ0n) is 17.5. The van der Waals surface area contributed by atoms with Crippen LogP contribution in [0.5, 0.6) is 5.75 Å². The zero-order valence-corrected chi connectivity index (χ0v) is 17.5. The van der Waals surface area contributed by atoms with Crippen LogP contribution in [0.2, 0.25) is 0 Å². The summed E-state index contributed by atoms with van der Waals surface area (Å²) in [5.74, 6) is -0.0759. The number of nitriles is 1. The van der Waals surface area contributed by atoms with Gasteiger partial charge in [-0.2, -0.15) is 5.26 Å². The predicted molar refractivity (Wildman–Crippen MR) is 113 cm³/mol. The molecule has 2 aliphatic rings. The van der Waals surface area contributed by atoms with Crippen molar-refractivity contribution < 1.29 is 19.1 Å². The van der Waals surface area contributed by atoms with Gasteiger partial charge in [0.1, 0.15) is 11.9 Å². The van der Waals surface area contributed by atoms with Gasteiger partial charge in [-0.05, 0) is 35.4 Å². The van der Waals surface area contributed by atoms with Crippen molar-refractivity contribution in [1.29, 1.82) is 5.26 Å². The minimum Gasteiger partial charge on any atom is -0.497 e. The van der Waals surface area contributed by atoms with Gasteiger partial charge in [-0.3, -0.25) is 14.5 Å². The quantitative estimate of drug-likeness (QED) is 0.693. The highest BCUT2D eigenvalue weighted by Crippen LogP contribution is 2.37. The maximum atomic E-state index is 13.2. The Morgan fingerprint density at radius 3 is 2.39 bits per heavy atom. The van der Waals surface area contributed by atoms with Crippen LogP contribution in [0.4, 0.5) is 0 Å². The lowest BCUT2D eigenvalue weighted by molar-refractivity contribution is -0.142. The Kier molecular flexibility index (Phi) is 6.19. The summed E-state index contributed by atoms with van der Waals surface area (Å²) in [6.07, 6.45) is -0.500. The molecule has 0 bridgehead atoms. The fraction of sp³-hybridized carbons (Fsp3) is 0.375. The third-order valence-electron chi connectivity index (χ3n) is 5.95. The predicted octanol–water partition coefficient (Wildman–Crippen LogP) is 2.52. The number of cyclic esters (lactones) is 1. The van der Waals surface area contributed by atoms with Crippen molar-refractivity contribution in [2.75, 3.05) is 33.3 Å². The molecule has 2 atom stereocenters. The molecule has 0 aliphatic carbocycles. The van der Waals surface area contributed by atoms with Crippen molar-refractivity contribution >= 4 is 11.9 Å². The van der Waals surface area contributed by atoms with Gasteiger partial charge in [0.2, 0.25) is 5.91 Å². The van der Waals surface area contributed by atoms with Gasteiger partial charge in [0.05, 0.1) is 31.1 Å². The van der Waals surface area contributed by atoms with Crippen LogP contribution in [-0.2, 0) is 20.9 Å². The van der Waals surface area contributed by atoms with Crippen LogP contribution in [-0.4, -0.2) is 55.0 Å². The number of nitrogens with zero attached hydrogens (tertiary/aromatic N) is 3. The molecule has 7 nitrogen and oxygen atoms in total. The van der Waals surface area contributed by atoms with Crippen LogP contribution in [0.25, 0.3) is 0 Å². The molecule has 2 saturated heterocycles. The van der Waals surface area contributed by atoms with E-state index in [0.717, 1.165) is 30.9 Å². The van der Waals surface area contributed by atoms with E-state index in [1.807, 2.05) is 17.0 Å². The maximum absolute atomic E-state index is 13.2. The van der Waals surface area contributed by atoms with E-state index in [1.54, 1.807) is 31.4 Å². The van der Waals surface area contributed by atoms with Crippen LogP contribution >= 0.6 is 0 Å². The molecule has 1 amide bonds. The van der Waals surface area contributed by atoms with E-state index in [1.165, 1.54) is 5.56 Å². The van der Waals surface area contributed by atoms with Crippen molar-refractivity contribution in [3.05, 3.63) is 65.2 Å². The number of methoxy groups -OCH3 is 1. The van der Waals surface area contributed by atoms with Crippen molar-refractivity contribution in [3.8, 4) is 11.8 Å². The topological polar surface area (TPSA) is 82.9 Å². The zero-order chi connectivity index (χ0) is 21.8. The summed E-state index contributed by atoms with van der Waals surface area (Å²) in [4.78, 5) is 29.3. The monoisotopic (exact) mass is 419 g/mol. The first-order valence-corrected chi connectivity index (χ1v) is 10.4. The normalized spacial score (nSPS) is 21.4. The van der Waals surface area contributed by atoms with E-state index in [-0.39, 0.29) is 18.3 Å². The van der Waals surface area contributed by atoms with Gasteiger partial charge in [0, 0.05) is 32.7 Å². The van der Waals surface area contributed by atoms with E-state index in [9.17, 15) is 9.59 Å². The van der Waals surface area contributed by atoms with Gasteiger partial charge < -0.3 is 14.4 Å². The summed E-state index contributed by atoms with van der Waals surface area (Å²) in [6.45, 7) is 3.63. The second kappa shape index (κ2) is 9.19. The van der Waals surface area contributed by atoms with Crippen LogP contribution in [0.3, 0.4) is 0 Å². The van der Waals surface area contributed by atoms with Gasteiger partial charge >= 0.3 is 5.97 Å². The summed E-state index contributed by atoms with van der Waals surface area (Å²) in [6, 6.07) is 17.0. The first-order chi connectivity index (χ1) is 15.1. The van der Waals surface area contributed by atoms with E-state index in [0.29, 0.717) is 18.7 Å². The standard InChI is InChI=1S/C24H25N3O4/c1-30-20-8-4-18(5-9-20)16-26-10-12-27(13-11-26)24(29)21-14-22(28)31-23(21)19-6-2-17(15-25)3-7-19/h2-9,21,23H,10-14,16H2,1H3/t21-,23+/m1/s1. The summed E-state index contributed by atoms with van der Waals surface area (Å²) in [7, 11) is 1.65. The van der Waals surface area contributed by atoms with Gasteiger partial charge in [0.25, 0.3) is 0 Å². The Morgan fingerprint density at radius 2 is 1.77 bits per heavy atom. The van der Waals surface area contributed by atoms with E-state index in [2.05, 4.69) is 23.1 Å². The molecule has 160 valence electrons. The Labute approximate surface area is 181 Å². The molecular weight excluding hydrogens is 394 g/mol. The summed E-state index contributed by atoms with van der Waals surface area (Å²) in [5, 5.41) is 8.98. The number of carbonyl (C=O) groups is 2. The number of benzene rings is 2.